The molecule has 0 radical (unpaired) electrons. The van der Waals surface area contributed by atoms with Crippen LogP contribution in [-0.2, 0) is 0 Å². The lowest BCUT2D eigenvalue weighted by Gasteiger charge is -2.05. The molecule has 0 atom stereocenters. The highest BCUT2D eigenvalue weighted by molar-refractivity contribution is 5.91. The highest BCUT2D eigenvalue weighted by Gasteiger charge is 2.15. The van der Waals surface area contributed by atoms with Gasteiger partial charge in [-0.1, -0.05) is 6.07 Å². The van der Waals surface area contributed by atoms with Crippen LogP contribution in [0.1, 0.15) is 16.2 Å². The topological polar surface area (TPSA) is 97.8 Å². The number of esters is 1. The van der Waals surface area contributed by atoms with Gasteiger partial charge in [0.05, 0.1) is 18.1 Å². The van der Waals surface area contributed by atoms with E-state index < -0.39 is 11.5 Å². The fraction of sp³-hybridized carbons (Fsp3) is 0.0625. The maximum atomic E-state index is 12.2. The molecule has 0 aliphatic heterocycles. The van der Waals surface area contributed by atoms with Crippen molar-refractivity contribution in [2.75, 3.05) is 0 Å². The molecule has 0 unspecified atom stereocenters. The van der Waals surface area contributed by atoms with Gasteiger partial charge in [-0.25, -0.2) is 14.8 Å². The van der Waals surface area contributed by atoms with Gasteiger partial charge in [0, 0.05) is 18.0 Å². The average molecular weight is 308 g/mol. The Balaban J connectivity index is 1.91. The molecular formula is C16H12N4O3. The molecule has 3 aromatic rings. The zero-order valence-electron chi connectivity index (χ0n) is 12.2. The second-order valence-electron chi connectivity index (χ2n) is 4.70. The number of nitrogens with one attached hydrogen (secondary N) is 1. The number of carbonyl (C=O) groups is 1. The Morgan fingerprint density at radius 1 is 1.17 bits per heavy atom. The maximum absolute atomic E-state index is 12.2. The normalized spacial score (nSPS) is 10.3. The molecule has 0 aromatic carbocycles. The van der Waals surface area contributed by atoms with Gasteiger partial charge < -0.3 is 9.72 Å². The van der Waals surface area contributed by atoms with Crippen LogP contribution in [0.25, 0.3) is 11.3 Å². The lowest BCUT2D eigenvalue weighted by Crippen LogP contribution is -2.21. The molecule has 23 heavy (non-hydrogen) atoms. The average Bonchev–Trinajstić information content (AvgIpc) is 2.58. The molecule has 7 heteroatoms. The number of H-pyrrole nitrogens is 1. The fourth-order valence-electron chi connectivity index (χ4n) is 1.91. The minimum absolute atomic E-state index is 0.117. The smallest absolute Gasteiger partial charge is 0.349 e. The van der Waals surface area contributed by atoms with Crippen molar-refractivity contribution in [3.05, 3.63) is 70.8 Å². The van der Waals surface area contributed by atoms with Crippen LogP contribution >= 0.6 is 0 Å². The second kappa shape index (κ2) is 6.18. The summed E-state index contributed by atoms with van der Waals surface area (Å²) in [6, 6.07) is 6.81. The van der Waals surface area contributed by atoms with E-state index in [2.05, 4.69) is 19.9 Å². The molecule has 0 saturated carbocycles. The van der Waals surface area contributed by atoms with Crippen molar-refractivity contribution in [2.45, 2.75) is 6.92 Å². The maximum Gasteiger partial charge on any atom is 0.349 e. The van der Waals surface area contributed by atoms with Gasteiger partial charge in [-0.05, 0) is 25.1 Å². The number of hydrogen-bond donors (Lipinski definition) is 1. The predicted octanol–water partition coefficient (Wildman–Crippen LogP) is 1.75. The number of hydrogen-bond acceptors (Lipinski definition) is 6. The van der Waals surface area contributed by atoms with Gasteiger partial charge in [0.2, 0.25) is 0 Å². The predicted molar refractivity (Wildman–Crippen MR) is 82.0 cm³/mol. The van der Waals surface area contributed by atoms with Gasteiger partial charge in [0.15, 0.2) is 5.75 Å². The summed E-state index contributed by atoms with van der Waals surface area (Å²) in [5, 5.41) is 0. The van der Waals surface area contributed by atoms with Gasteiger partial charge in [0.25, 0.3) is 5.56 Å². The van der Waals surface area contributed by atoms with Crippen molar-refractivity contribution in [2.24, 2.45) is 0 Å². The zero-order chi connectivity index (χ0) is 16.2. The number of aromatic amines is 1. The molecule has 0 fully saturated rings. The van der Waals surface area contributed by atoms with E-state index in [4.69, 9.17) is 4.74 Å². The van der Waals surface area contributed by atoms with Crippen LogP contribution in [0, 0.1) is 6.92 Å². The van der Waals surface area contributed by atoms with E-state index in [9.17, 15) is 9.59 Å². The third-order valence-corrected chi connectivity index (χ3v) is 3.05. The first-order valence-electron chi connectivity index (χ1n) is 6.78. The van der Waals surface area contributed by atoms with E-state index in [1.54, 1.807) is 25.3 Å². The van der Waals surface area contributed by atoms with Crippen LogP contribution in [-0.4, -0.2) is 25.9 Å². The van der Waals surface area contributed by atoms with Crippen LogP contribution in [0.4, 0.5) is 0 Å². The van der Waals surface area contributed by atoms with Crippen LogP contribution in [0.5, 0.6) is 5.75 Å². The Morgan fingerprint density at radius 3 is 2.65 bits per heavy atom. The summed E-state index contributed by atoms with van der Waals surface area (Å²) >= 11 is 0. The molecule has 7 nitrogen and oxygen atoms in total. The number of rotatable bonds is 3. The molecule has 0 spiro atoms. The zero-order valence-corrected chi connectivity index (χ0v) is 12.2. The van der Waals surface area contributed by atoms with Gasteiger partial charge in [-0.3, -0.25) is 9.78 Å². The number of nitrogens with zero attached hydrogens (tertiary/aromatic N) is 3. The lowest BCUT2D eigenvalue weighted by atomic mass is 10.1. The third kappa shape index (κ3) is 3.29. The Morgan fingerprint density at radius 2 is 1.96 bits per heavy atom. The summed E-state index contributed by atoms with van der Waals surface area (Å²) in [6.07, 6.45) is 5.87. The van der Waals surface area contributed by atoms with Gasteiger partial charge in [0.1, 0.15) is 11.4 Å². The van der Waals surface area contributed by atoms with Gasteiger partial charge in [-0.2, -0.15) is 0 Å². The highest BCUT2D eigenvalue weighted by atomic mass is 16.5. The molecule has 0 aliphatic rings. The lowest BCUT2D eigenvalue weighted by molar-refractivity contribution is 0.0731. The van der Waals surface area contributed by atoms with Crippen molar-refractivity contribution >= 4 is 5.97 Å². The van der Waals surface area contributed by atoms with Crippen molar-refractivity contribution in [3.8, 4) is 17.0 Å². The quantitative estimate of drug-likeness (QED) is 0.740. The summed E-state index contributed by atoms with van der Waals surface area (Å²) in [5.41, 5.74) is 0.588. The number of aromatic nitrogens is 4. The van der Waals surface area contributed by atoms with Gasteiger partial charge in [-0.15, -0.1) is 0 Å². The molecule has 0 saturated heterocycles. The summed E-state index contributed by atoms with van der Waals surface area (Å²) in [6.45, 7) is 1.71. The molecule has 114 valence electrons. The van der Waals surface area contributed by atoms with Crippen LogP contribution in [0.2, 0.25) is 0 Å². The number of aryl methyl sites for hydroxylation is 1. The van der Waals surface area contributed by atoms with E-state index in [1.807, 2.05) is 6.07 Å². The minimum atomic E-state index is -0.781. The van der Waals surface area contributed by atoms with E-state index in [-0.39, 0.29) is 11.3 Å². The molecule has 0 bridgehead atoms. The third-order valence-electron chi connectivity index (χ3n) is 3.05. The molecule has 1 N–H and O–H groups in total. The Kier molecular flexibility index (Phi) is 3.92. The molecular weight excluding hydrogens is 296 g/mol. The molecule has 0 aliphatic carbocycles. The van der Waals surface area contributed by atoms with Gasteiger partial charge >= 0.3 is 5.97 Å². The summed E-state index contributed by atoms with van der Waals surface area (Å²) in [5.74, 6) is -0.0560. The number of ether oxygens (including phenoxy) is 1. The summed E-state index contributed by atoms with van der Waals surface area (Å²) < 4.78 is 5.12. The number of pyridine rings is 2. The second-order valence-corrected chi connectivity index (χ2v) is 4.70. The first-order valence-corrected chi connectivity index (χ1v) is 6.78. The number of carbonyl (C=O) groups excluding carboxylic acids is 1. The SMILES string of the molecule is Cc1ncc(OC(=O)c2cc(-c3ccccn3)c[nH]c2=O)cn1. The van der Waals surface area contributed by atoms with Crippen molar-refractivity contribution in [3.63, 3.8) is 0 Å². The molecule has 3 rings (SSSR count). The van der Waals surface area contributed by atoms with E-state index in [0.717, 1.165) is 0 Å². The largest absolute Gasteiger partial charge is 0.419 e. The Labute approximate surface area is 131 Å². The van der Waals surface area contributed by atoms with Crippen molar-refractivity contribution < 1.29 is 9.53 Å². The van der Waals surface area contributed by atoms with Crippen molar-refractivity contribution in [1.82, 2.24) is 19.9 Å². The Bertz CT molecular complexity index is 889. The van der Waals surface area contributed by atoms with Crippen LogP contribution < -0.4 is 10.3 Å². The van der Waals surface area contributed by atoms with Crippen molar-refractivity contribution in [1.29, 1.82) is 0 Å². The van der Waals surface area contributed by atoms with E-state index in [1.165, 1.54) is 24.7 Å². The van der Waals surface area contributed by atoms with E-state index in [0.29, 0.717) is 17.1 Å². The Hall–Kier alpha value is -3.35. The van der Waals surface area contributed by atoms with Crippen LogP contribution in [0.3, 0.4) is 0 Å². The van der Waals surface area contributed by atoms with Crippen LogP contribution in [0.15, 0.2) is 53.8 Å². The molecule has 0 amide bonds. The minimum Gasteiger partial charge on any atom is -0.419 e. The first kappa shape index (κ1) is 14.6. The molecule has 3 heterocycles. The molecule has 3 aromatic heterocycles. The first-order chi connectivity index (χ1) is 11.1. The standard InChI is InChI=1S/C16H12N4O3/c1-10-18-8-12(9-19-10)23-16(22)13-6-11(7-20-15(13)21)14-4-2-3-5-17-14/h2-9H,1H3,(H,20,21). The summed E-state index contributed by atoms with van der Waals surface area (Å²) in [7, 11) is 0. The highest BCUT2D eigenvalue weighted by Crippen LogP contribution is 2.16. The van der Waals surface area contributed by atoms with E-state index >= 15 is 0 Å². The monoisotopic (exact) mass is 308 g/mol. The fourth-order valence-corrected chi connectivity index (χ4v) is 1.91. The summed E-state index contributed by atoms with van der Waals surface area (Å²) in [4.78, 5) is 38.6.